The van der Waals surface area contributed by atoms with Crippen molar-refractivity contribution in [3.8, 4) is 5.75 Å². The van der Waals surface area contributed by atoms with E-state index in [1.165, 1.54) is 12.1 Å². The summed E-state index contributed by atoms with van der Waals surface area (Å²) in [6.07, 6.45) is 1.81. The summed E-state index contributed by atoms with van der Waals surface area (Å²) in [4.78, 5) is 5.25. The zero-order valence-corrected chi connectivity index (χ0v) is 11.9. The second kappa shape index (κ2) is 6.63. The lowest BCUT2D eigenvalue weighted by molar-refractivity contribution is 0.305. The molecule has 102 valence electrons. The number of ether oxygens (including phenoxy) is 1. The van der Waals surface area contributed by atoms with Gasteiger partial charge >= 0.3 is 0 Å². The number of aromatic nitrogens is 1. The van der Waals surface area contributed by atoms with Crippen molar-refractivity contribution in [3.63, 3.8) is 0 Å². The Kier molecular flexibility index (Phi) is 4.87. The van der Waals surface area contributed by atoms with Crippen LogP contribution in [0.15, 0.2) is 24.4 Å². The number of rotatable bonds is 6. The highest BCUT2D eigenvalue weighted by atomic mass is 32.1. The molecule has 0 unspecified atom stereocenters. The first-order valence-electron chi connectivity index (χ1n) is 6.22. The number of hydrogen-bond donors (Lipinski definition) is 1. The van der Waals surface area contributed by atoms with E-state index in [0.717, 1.165) is 22.0 Å². The smallest absolute Gasteiger partial charge is 0.124 e. The fourth-order valence-corrected chi connectivity index (χ4v) is 2.42. The molecule has 0 aliphatic carbocycles. The van der Waals surface area contributed by atoms with Crippen molar-refractivity contribution >= 4 is 11.3 Å². The van der Waals surface area contributed by atoms with Crippen molar-refractivity contribution in [3.05, 3.63) is 45.7 Å². The lowest BCUT2D eigenvalue weighted by Crippen LogP contribution is -2.13. The maximum Gasteiger partial charge on any atom is 0.124 e. The van der Waals surface area contributed by atoms with E-state index in [4.69, 9.17) is 4.74 Å². The highest BCUT2D eigenvalue weighted by Crippen LogP contribution is 2.22. The third kappa shape index (κ3) is 4.01. The number of aryl methyl sites for hydroxylation is 1. The van der Waals surface area contributed by atoms with E-state index in [9.17, 15) is 4.39 Å². The second-order valence-electron chi connectivity index (χ2n) is 4.17. The lowest BCUT2D eigenvalue weighted by Gasteiger charge is -2.11. The Bertz CT molecular complexity index is 542. The summed E-state index contributed by atoms with van der Waals surface area (Å²) in [5.41, 5.74) is 0.836. The van der Waals surface area contributed by atoms with Crippen molar-refractivity contribution in [1.82, 2.24) is 10.3 Å². The minimum absolute atomic E-state index is 0.242. The molecule has 1 aromatic carbocycles. The number of nitrogens with one attached hydrogen (secondary N) is 1. The van der Waals surface area contributed by atoms with Gasteiger partial charge in [0.25, 0.3) is 0 Å². The molecule has 0 fully saturated rings. The fourth-order valence-electron chi connectivity index (χ4n) is 1.71. The average molecular weight is 280 g/mol. The molecule has 1 heterocycles. The molecule has 2 aromatic rings. The zero-order chi connectivity index (χ0) is 13.7. The van der Waals surface area contributed by atoms with Gasteiger partial charge in [0, 0.05) is 18.3 Å². The predicted molar refractivity (Wildman–Crippen MR) is 75.0 cm³/mol. The van der Waals surface area contributed by atoms with E-state index in [0.29, 0.717) is 18.9 Å². The Morgan fingerprint density at radius 2 is 2.26 bits per heavy atom. The standard InChI is InChI=1S/C14H17FN2OS/c1-3-16-7-11-6-12(15)4-5-14(11)18-9-13-8-17-10(2)19-13/h4-6,8,16H,3,7,9H2,1-2H3. The minimum atomic E-state index is -0.242. The molecule has 0 atom stereocenters. The van der Waals surface area contributed by atoms with Crippen LogP contribution in [0.1, 0.15) is 22.4 Å². The van der Waals surface area contributed by atoms with Gasteiger partial charge in [0.05, 0.1) is 9.88 Å². The van der Waals surface area contributed by atoms with Crippen LogP contribution < -0.4 is 10.1 Å². The summed E-state index contributed by atoms with van der Waals surface area (Å²) in [5.74, 6) is 0.474. The van der Waals surface area contributed by atoms with Gasteiger partial charge in [-0.1, -0.05) is 6.92 Å². The van der Waals surface area contributed by atoms with Crippen LogP contribution >= 0.6 is 11.3 Å². The number of nitrogens with zero attached hydrogens (tertiary/aromatic N) is 1. The van der Waals surface area contributed by atoms with Crippen LogP contribution in [0.5, 0.6) is 5.75 Å². The number of halogens is 1. The summed E-state index contributed by atoms with van der Waals surface area (Å²) in [7, 11) is 0. The lowest BCUT2D eigenvalue weighted by atomic mass is 10.2. The van der Waals surface area contributed by atoms with E-state index in [1.807, 2.05) is 20.0 Å². The average Bonchev–Trinajstić information content (AvgIpc) is 2.81. The Morgan fingerprint density at radius 3 is 2.95 bits per heavy atom. The molecule has 0 amide bonds. The fraction of sp³-hybridized carbons (Fsp3) is 0.357. The van der Waals surface area contributed by atoms with E-state index in [-0.39, 0.29) is 5.82 Å². The van der Waals surface area contributed by atoms with Gasteiger partial charge in [-0.05, 0) is 31.7 Å². The second-order valence-corrected chi connectivity index (χ2v) is 5.49. The predicted octanol–water partition coefficient (Wildman–Crippen LogP) is 3.28. The topological polar surface area (TPSA) is 34.1 Å². The number of benzene rings is 1. The minimum Gasteiger partial charge on any atom is -0.488 e. The first-order valence-corrected chi connectivity index (χ1v) is 7.04. The monoisotopic (exact) mass is 280 g/mol. The summed E-state index contributed by atoms with van der Waals surface area (Å²) in [6, 6.07) is 4.61. The van der Waals surface area contributed by atoms with Crippen LogP contribution in [-0.4, -0.2) is 11.5 Å². The molecule has 0 radical (unpaired) electrons. The molecule has 5 heteroatoms. The van der Waals surface area contributed by atoms with Gasteiger partial charge in [0.2, 0.25) is 0 Å². The summed E-state index contributed by atoms with van der Waals surface area (Å²) in [5, 5.41) is 4.20. The van der Waals surface area contributed by atoms with Crippen molar-refractivity contribution in [1.29, 1.82) is 0 Å². The molecule has 1 aromatic heterocycles. The summed E-state index contributed by atoms with van der Waals surface area (Å²) >= 11 is 1.61. The van der Waals surface area contributed by atoms with Gasteiger partial charge in [-0.2, -0.15) is 0 Å². The number of hydrogen-bond acceptors (Lipinski definition) is 4. The Balaban J connectivity index is 2.05. The molecule has 2 rings (SSSR count). The van der Waals surface area contributed by atoms with Crippen LogP contribution in [0.25, 0.3) is 0 Å². The van der Waals surface area contributed by atoms with E-state index in [2.05, 4.69) is 10.3 Å². The van der Waals surface area contributed by atoms with Crippen molar-refractivity contribution in [2.45, 2.75) is 27.0 Å². The van der Waals surface area contributed by atoms with Crippen LogP contribution in [0.3, 0.4) is 0 Å². The van der Waals surface area contributed by atoms with Crippen LogP contribution in [0.4, 0.5) is 4.39 Å². The molecular weight excluding hydrogens is 263 g/mol. The molecule has 0 bridgehead atoms. The van der Waals surface area contributed by atoms with E-state index < -0.39 is 0 Å². The van der Waals surface area contributed by atoms with E-state index >= 15 is 0 Å². The van der Waals surface area contributed by atoms with Crippen molar-refractivity contribution in [2.24, 2.45) is 0 Å². The quantitative estimate of drug-likeness (QED) is 0.881. The zero-order valence-electron chi connectivity index (χ0n) is 11.1. The first kappa shape index (κ1) is 14.0. The molecule has 0 saturated carbocycles. The molecule has 0 saturated heterocycles. The van der Waals surface area contributed by atoms with Crippen molar-refractivity contribution in [2.75, 3.05) is 6.54 Å². The van der Waals surface area contributed by atoms with E-state index in [1.54, 1.807) is 17.4 Å². The number of thiazole rings is 1. The molecule has 0 spiro atoms. The maximum absolute atomic E-state index is 13.2. The Hall–Kier alpha value is -1.46. The van der Waals surface area contributed by atoms with Crippen LogP contribution in [-0.2, 0) is 13.2 Å². The molecule has 1 N–H and O–H groups in total. The van der Waals surface area contributed by atoms with Gasteiger partial charge in [-0.3, -0.25) is 0 Å². The SMILES string of the molecule is CCNCc1cc(F)ccc1OCc1cnc(C)s1. The van der Waals surface area contributed by atoms with Crippen molar-refractivity contribution < 1.29 is 9.13 Å². The normalized spacial score (nSPS) is 10.7. The van der Waals surface area contributed by atoms with Gasteiger partial charge < -0.3 is 10.1 Å². The largest absolute Gasteiger partial charge is 0.488 e. The third-order valence-electron chi connectivity index (χ3n) is 2.63. The van der Waals surface area contributed by atoms with Crippen LogP contribution in [0.2, 0.25) is 0 Å². The van der Waals surface area contributed by atoms with Crippen LogP contribution in [0, 0.1) is 12.7 Å². The molecule has 0 aliphatic rings. The summed E-state index contributed by atoms with van der Waals surface area (Å²) < 4.78 is 19.0. The van der Waals surface area contributed by atoms with Gasteiger partial charge in [-0.15, -0.1) is 11.3 Å². The van der Waals surface area contributed by atoms with Gasteiger partial charge in [0.1, 0.15) is 18.2 Å². The first-order chi connectivity index (χ1) is 9.19. The Morgan fingerprint density at radius 1 is 1.42 bits per heavy atom. The molecule has 3 nitrogen and oxygen atoms in total. The maximum atomic E-state index is 13.2. The van der Waals surface area contributed by atoms with Gasteiger partial charge in [-0.25, -0.2) is 9.37 Å². The third-order valence-corrected chi connectivity index (χ3v) is 3.51. The highest BCUT2D eigenvalue weighted by Gasteiger charge is 2.06. The molecule has 19 heavy (non-hydrogen) atoms. The molecule has 0 aliphatic heterocycles. The summed E-state index contributed by atoms with van der Waals surface area (Å²) in [6.45, 7) is 5.88. The Labute approximate surface area is 116 Å². The molecular formula is C14H17FN2OS. The highest BCUT2D eigenvalue weighted by molar-refractivity contribution is 7.11. The van der Waals surface area contributed by atoms with Gasteiger partial charge in [0.15, 0.2) is 0 Å².